The Morgan fingerprint density at radius 2 is 2.11 bits per heavy atom. The molecule has 6 heteroatoms. The molecule has 0 aromatic carbocycles. The minimum Gasteiger partial charge on any atom is -0.485 e. The van der Waals surface area contributed by atoms with Crippen LogP contribution in [0.2, 0.25) is 0 Å². The molecule has 0 saturated heterocycles. The molecule has 100 valence electrons. The van der Waals surface area contributed by atoms with Gasteiger partial charge in [-0.3, -0.25) is 9.97 Å². The number of pyridine rings is 2. The van der Waals surface area contributed by atoms with Crippen molar-refractivity contribution in [2.75, 3.05) is 0 Å². The van der Waals surface area contributed by atoms with Crippen molar-refractivity contribution in [3.63, 3.8) is 0 Å². The van der Waals surface area contributed by atoms with E-state index in [1.807, 2.05) is 13.0 Å². The zero-order chi connectivity index (χ0) is 13.0. The molecule has 5 nitrogen and oxygen atoms in total. The van der Waals surface area contributed by atoms with Gasteiger partial charge in [0.05, 0.1) is 17.5 Å². The van der Waals surface area contributed by atoms with E-state index in [0.717, 1.165) is 5.56 Å². The highest BCUT2D eigenvalue weighted by Crippen LogP contribution is 2.15. The number of aromatic nitrogens is 2. The highest BCUT2D eigenvalue weighted by atomic mass is 35.5. The van der Waals surface area contributed by atoms with Gasteiger partial charge in [0.15, 0.2) is 0 Å². The average molecular weight is 281 g/mol. The topological polar surface area (TPSA) is 72.3 Å². The second-order valence-corrected chi connectivity index (χ2v) is 3.77. The van der Waals surface area contributed by atoms with Crippen molar-refractivity contribution < 1.29 is 14.6 Å². The summed E-state index contributed by atoms with van der Waals surface area (Å²) >= 11 is 0. The molecule has 2 aromatic heterocycles. The number of carbonyl (C=O) groups is 1. The van der Waals surface area contributed by atoms with Crippen LogP contribution in [-0.2, 0) is 6.61 Å². The summed E-state index contributed by atoms with van der Waals surface area (Å²) in [4.78, 5) is 18.6. The summed E-state index contributed by atoms with van der Waals surface area (Å²) in [7, 11) is 0. The number of aryl methyl sites for hydroxylation is 1. The molecule has 0 aliphatic heterocycles. The predicted octanol–water partition coefficient (Wildman–Crippen LogP) is 2.48. The third-order valence-corrected chi connectivity index (χ3v) is 2.44. The highest BCUT2D eigenvalue weighted by molar-refractivity contribution is 5.87. The first-order valence-corrected chi connectivity index (χ1v) is 5.38. The fourth-order valence-electron chi connectivity index (χ4n) is 1.39. The monoisotopic (exact) mass is 280 g/mol. The van der Waals surface area contributed by atoms with Gasteiger partial charge >= 0.3 is 5.97 Å². The number of hydrogen-bond donors (Lipinski definition) is 1. The molecule has 19 heavy (non-hydrogen) atoms. The van der Waals surface area contributed by atoms with Gasteiger partial charge in [0, 0.05) is 12.4 Å². The van der Waals surface area contributed by atoms with Gasteiger partial charge < -0.3 is 9.84 Å². The number of aromatic carboxylic acids is 1. The maximum absolute atomic E-state index is 10.7. The van der Waals surface area contributed by atoms with Crippen molar-refractivity contribution in [2.45, 2.75) is 13.5 Å². The lowest BCUT2D eigenvalue weighted by molar-refractivity contribution is 0.0696. The fourth-order valence-corrected chi connectivity index (χ4v) is 1.39. The van der Waals surface area contributed by atoms with Crippen molar-refractivity contribution in [2.24, 2.45) is 0 Å². The quantitative estimate of drug-likeness (QED) is 0.931. The molecule has 0 aliphatic carbocycles. The number of carboxylic acids is 1. The molecule has 0 bridgehead atoms. The summed E-state index contributed by atoms with van der Waals surface area (Å²) in [5, 5.41) is 8.74. The highest BCUT2D eigenvalue weighted by Gasteiger charge is 2.04. The van der Waals surface area contributed by atoms with Crippen molar-refractivity contribution in [1.82, 2.24) is 9.97 Å². The SMILES string of the molecule is Cc1ccncc1OCc1ccc(C(=O)O)cn1.Cl. The van der Waals surface area contributed by atoms with Gasteiger partial charge in [-0.2, -0.15) is 0 Å². The Morgan fingerprint density at radius 1 is 1.32 bits per heavy atom. The molecule has 0 aliphatic rings. The van der Waals surface area contributed by atoms with Crippen LogP contribution in [0.4, 0.5) is 0 Å². The maximum Gasteiger partial charge on any atom is 0.337 e. The molecule has 0 atom stereocenters. The maximum atomic E-state index is 10.7. The molecule has 0 fully saturated rings. The van der Waals surface area contributed by atoms with E-state index in [4.69, 9.17) is 9.84 Å². The smallest absolute Gasteiger partial charge is 0.337 e. The average Bonchev–Trinajstić information content (AvgIpc) is 2.38. The van der Waals surface area contributed by atoms with E-state index < -0.39 is 5.97 Å². The van der Waals surface area contributed by atoms with Crippen LogP contribution in [0.3, 0.4) is 0 Å². The molecule has 0 spiro atoms. The van der Waals surface area contributed by atoms with Crippen LogP contribution in [0.25, 0.3) is 0 Å². The summed E-state index contributed by atoms with van der Waals surface area (Å²) in [5.41, 5.74) is 1.83. The van der Waals surface area contributed by atoms with E-state index in [-0.39, 0.29) is 24.6 Å². The number of halogens is 1. The Kier molecular flexibility index (Phi) is 5.26. The van der Waals surface area contributed by atoms with Crippen molar-refractivity contribution in [3.8, 4) is 5.75 Å². The van der Waals surface area contributed by atoms with Gasteiger partial charge in [0.2, 0.25) is 0 Å². The van der Waals surface area contributed by atoms with E-state index in [0.29, 0.717) is 11.4 Å². The van der Waals surface area contributed by atoms with Crippen LogP contribution in [-0.4, -0.2) is 21.0 Å². The molecule has 0 unspecified atom stereocenters. The zero-order valence-corrected chi connectivity index (χ0v) is 11.1. The number of carboxylic acid groups (broad SMARTS) is 1. The second-order valence-electron chi connectivity index (χ2n) is 3.77. The molecule has 0 saturated carbocycles. The van der Waals surface area contributed by atoms with E-state index >= 15 is 0 Å². The van der Waals surface area contributed by atoms with Crippen LogP contribution in [0, 0.1) is 6.92 Å². The molecule has 1 N–H and O–H groups in total. The third kappa shape index (κ3) is 3.93. The normalized spacial score (nSPS) is 9.53. The number of hydrogen-bond acceptors (Lipinski definition) is 4. The Hall–Kier alpha value is -2.14. The van der Waals surface area contributed by atoms with E-state index in [2.05, 4.69) is 9.97 Å². The fraction of sp³-hybridized carbons (Fsp3) is 0.154. The number of ether oxygens (including phenoxy) is 1. The Labute approximate surface area is 116 Å². The van der Waals surface area contributed by atoms with Gasteiger partial charge in [-0.15, -0.1) is 12.4 Å². The standard InChI is InChI=1S/C13H12N2O3.ClH/c1-9-4-5-14-7-12(9)18-8-11-3-2-10(6-15-11)13(16)17;/h2-7H,8H2,1H3,(H,16,17);1H. The molecule has 2 aromatic rings. The largest absolute Gasteiger partial charge is 0.485 e. The second kappa shape index (κ2) is 6.70. The number of nitrogens with zero attached hydrogens (tertiary/aromatic N) is 2. The Morgan fingerprint density at radius 3 is 2.68 bits per heavy atom. The van der Waals surface area contributed by atoms with Crippen molar-refractivity contribution >= 4 is 18.4 Å². The first-order valence-electron chi connectivity index (χ1n) is 5.38. The summed E-state index contributed by atoms with van der Waals surface area (Å²) < 4.78 is 5.55. The molecule has 0 radical (unpaired) electrons. The molecule has 2 rings (SSSR count). The van der Waals surface area contributed by atoms with Gasteiger partial charge in [0.25, 0.3) is 0 Å². The van der Waals surface area contributed by atoms with Crippen LogP contribution >= 0.6 is 12.4 Å². The van der Waals surface area contributed by atoms with Crippen LogP contribution in [0.15, 0.2) is 36.8 Å². The van der Waals surface area contributed by atoms with Gasteiger partial charge in [-0.1, -0.05) is 0 Å². The summed E-state index contributed by atoms with van der Waals surface area (Å²) in [5.74, 6) is -0.292. The van der Waals surface area contributed by atoms with Gasteiger partial charge in [-0.05, 0) is 30.7 Å². The zero-order valence-electron chi connectivity index (χ0n) is 10.2. The summed E-state index contributed by atoms with van der Waals surface area (Å²) in [6.07, 6.45) is 4.65. The van der Waals surface area contributed by atoms with Crippen LogP contribution in [0.1, 0.15) is 21.6 Å². The van der Waals surface area contributed by atoms with Crippen LogP contribution in [0.5, 0.6) is 5.75 Å². The van der Waals surface area contributed by atoms with Gasteiger partial charge in [0.1, 0.15) is 12.4 Å². The molecule has 2 heterocycles. The molecule has 0 amide bonds. The predicted molar refractivity (Wildman–Crippen MR) is 71.8 cm³/mol. The Balaban J connectivity index is 0.00000180. The van der Waals surface area contributed by atoms with Crippen molar-refractivity contribution in [3.05, 3.63) is 53.6 Å². The minimum atomic E-state index is -0.988. The lowest BCUT2D eigenvalue weighted by atomic mass is 10.2. The first-order chi connectivity index (χ1) is 8.66. The van der Waals surface area contributed by atoms with E-state index in [9.17, 15) is 4.79 Å². The summed E-state index contributed by atoms with van der Waals surface area (Å²) in [6.45, 7) is 2.21. The van der Waals surface area contributed by atoms with E-state index in [1.165, 1.54) is 12.3 Å². The molecular weight excluding hydrogens is 268 g/mol. The van der Waals surface area contributed by atoms with Crippen LogP contribution < -0.4 is 4.74 Å². The lowest BCUT2D eigenvalue weighted by Gasteiger charge is -2.07. The van der Waals surface area contributed by atoms with E-state index in [1.54, 1.807) is 18.5 Å². The first kappa shape index (κ1) is 14.9. The minimum absolute atomic E-state index is 0. The summed E-state index contributed by atoms with van der Waals surface area (Å²) in [6, 6.07) is 5.00. The number of rotatable bonds is 4. The third-order valence-electron chi connectivity index (χ3n) is 2.44. The van der Waals surface area contributed by atoms with Gasteiger partial charge in [-0.25, -0.2) is 4.79 Å². The Bertz CT molecular complexity index is 558. The lowest BCUT2D eigenvalue weighted by Crippen LogP contribution is -2.02. The molecular formula is C13H13ClN2O3. The van der Waals surface area contributed by atoms with Crippen molar-refractivity contribution in [1.29, 1.82) is 0 Å².